The molecule has 1 amide bonds. The fourth-order valence-electron chi connectivity index (χ4n) is 3.50. The number of hydrogen-bond acceptors (Lipinski definition) is 6. The summed E-state index contributed by atoms with van der Waals surface area (Å²) in [5.41, 5.74) is 6.06. The second kappa shape index (κ2) is 13.4. The van der Waals surface area contributed by atoms with Crippen molar-refractivity contribution in [2.45, 2.75) is 20.5 Å². The van der Waals surface area contributed by atoms with Crippen molar-refractivity contribution in [2.24, 2.45) is 5.10 Å². The first-order chi connectivity index (χ1) is 18.9. The van der Waals surface area contributed by atoms with Crippen LogP contribution in [0.3, 0.4) is 0 Å². The topological polar surface area (TPSA) is 86.2 Å². The van der Waals surface area contributed by atoms with E-state index in [1.165, 1.54) is 11.8 Å². The Labute approximate surface area is 235 Å². The summed E-state index contributed by atoms with van der Waals surface area (Å²) in [7, 11) is 0. The number of halogens is 1. The van der Waals surface area contributed by atoms with Gasteiger partial charge in [-0.25, -0.2) is 10.2 Å². The Kier molecular flexibility index (Phi) is 9.48. The van der Waals surface area contributed by atoms with Crippen LogP contribution in [0.2, 0.25) is 0 Å². The number of rotatable bonds is 10. The molecule has 198 valence electrons. The van der Waals surface area contributed by atoms with E-state index in [1.54, 1.807) is 66.7 Å². The summed E-state index contributed by atoms with van der Waals surface area (Å²) in [5.74, 6) is 0.711. The number of aryl methyl sites for hydroxylation is 1. The standard InChI is InChI=1S/C31H27BrN2O5/c1-3-37-27-15-10-24(11-16-27)31(36)39-29-17-12-26(32)18-25(29)19-33-34-30(35)23-8-13-28(14-9-23)38-20-22-6-4-21(2)5-7-22/h4-19H,3,20H2,1-2H3,(H,34,35)/b33-19+. The van der Waals surface area contributed by atoms with Crippen molar-refractivity contribution in [1.29, 1.82) is 0 Å². The number of benzene rings is 4. The Bertz CT molecular complexity index is 1450. The number of hydrazone groups is 1. The SMILES string of the molecule is CCOc1ccc(C(=O)Oc2ccc(Br)cc2/C=N/NC(=O)c2ccc(OCc3ccc(C)cc3)cc2)cc1. The first-order valence-electron chi connectivity index (χ1n) is 12.3. The summed E-state index contributed by atoms with van der Waals surface area (Å²) in [6.45, 7) is 4.90. The van der Waals surface area contributed by atoms with Crippen LogP contribution in [0.15, 0.2) is 101 Å². The molecule has 7 nitrogen and oxygen atoms in total. The van der Waals surface area contributed by atoms with E-state index in [0.29, 0.717) is 47.2 Å². The first kappa shape index (κ1) is 27.6. The second-order valence-electron chi connectivity index (χ2n) is 8.53. The van der Waals surface area contributed by atoms with Gasteiger partial charge >= 0.3 is 5.97 Å². The number of amides is 1. The van der Waals surface area contributed by atoms with Crippen LogP contribution in [0.25, 0.3) is 0 Å². The van der Waals surface area contributed by atoms with Gasteiger partial charge in [-0.05, 0) is 86.1 Å². The zero-order chi connectivity index (χ0) is 27.6. The van der Waals surface area contributed by atoms with E-state index in [9.17, 15) is 9.59 Å². The highest BCUT2D eigenvalue weighted by Gasteiger charge is 2.12. The van der Waals surface area contributed by atoms with Gasteiger partial charge in [0, 0.05) is 15.6 Å². The van der Waals surface area contributed by atoms with E-state index < -0.39 is 5.97 Å². The molecule has 0 radical (unpaired) electrons. The molecule has 1 N–H and O–H groups in total. The van der Waals surface area contributed by atoms with Crippen molar-refractivity contribution in [3.05, 3.63) is 123 Å². The molecule has 4 rings (SSSR count). The predicted octanol–water partition coefficient (Wildman–Crippen LogP) is 6.72. The quantitative estimate of drug-likeness (QED) is 0.0964. The van der Waals surface area contributed by atoms with Gasteiger partial charge in [0.1, 0.15) is 23.9 Å². The van der Waals surface area contributed by atoms with Crippen LogP contribution in [0.4, 0.5) is 0 Å². The van der Waals surface area contributed by atoms with Gasteiger partial charge < -0.3 is 14.2 Å². The smallest absolute Gasteiger partial charge is 0.343 e. The molecule has 0 aliphatic heterocycles. The second-order valence-corrected chi connectivity index (χ2v) is 9.44. The minimum Gasteiger partial charge on any atom is -0.494 e. The summed E-state index contributed by atoms with van der Waals surface area (Å²) in [6.07, 6.45) is 1.42. The maximum absolute atomic E-state index is 12.7. The lowest BCUT2D eigenvalue weighted by molar-refractivity contribution is 0.0734. The van der Waals surface area contributed by atoms with Gasteiger partial charge in [-0.15, -0.1) is 0 Å². The molecule has 0 saturated carbocycles. The fraction of sp³-hybridized carbons (Fsp3) is 0.129. The van der Waals surface area contributed by atoms with Gasteiger partial charge in [0.05, 0.1) is 18.4 Å². The molecule has 39 heavy (non-hydrogen) atoms. The monoisotopic (exact) mass is 586 g/mol. The van der Waals surface area contributed by atoms with Crippen molar-refractivity contribution in [3.63, 3.8) is 0 Å². The normalized spacial score (nSPS) is 10.7. The van der Waals surface area contributed by atoms with Gasteiger partial charge in [-0.3, -0.25) is 4.79 Å². The van der Waals surface area contributed by atoms with E-state index in [-0.39, 0.29) is 5.91 Å². The van der Waals surface area contributed by atoms with Crippen LogP contribution in [-0.4, -0.2) is 24.7 Å². The first-order valence-corrected chi connectivity index (χ1v) is 13.1. The highest BCUT2D eigenvalue weighted by molar-refractivity contribution is 9.10. The molecule has 0 fully saturated rings. The average Bonchev–Trinajstić information content (AvgIpc) is 2.95. The Morgan fingerprint density at radius 3 is 2.15 bits per heavy atom. The number of nitrogens with zero attached hydrogens (tertiary/aromatic N) is 1. The molecule has 0 aliphatic rings. The molecule has 0 bridgehead atoms. The van der Waals surface area contributed by atoms with Crippen LogP contribution in [-0.2, 0) is 6.61 Å². The maximum atomic E-state index is 12.7. The molecule has 0 unspecified atom stereocenters. The molecule has 0 saturated heterocycles. The molecule has 4 aromatic rings. The summed E-state index contributed by atoms with van der Waals surface area (Å²) < 4.78 is 17.6. The molecule has 0 spiro atoms. The van der Waals surface area contributed by atoms with Crippen LogP contribution in [0.1, 0.15) is 44.3 Å². The largest absolute Gasteiger partial charge is 0.494 e. The number of nitrogens with one attached hydrogen (secondary N) is 1. The third kappa shape index (κ3) is 8.02. The number of hydrogen-bond donors (Lipinski definition) is 1. The average molecular weight is 587 g/mol. The Morgan fingerprint density at radius 2 is 1.49 bits per heavy atom. The Hall–Kier alpha value is -4.43. The molecule has 8 heteroatoms. The highest BCUT2D eigenvalue weighted by atomic mass is 79.9. The van der Waals surface area contributed by atoms with Crippen LogP contribution in [0, 0.1) is 6.92 Å². The number of carbonyl (C=O) groups excluding carboxylic acids is 2. The van der Waals surface area contributed by atoms with E-state index in [1.807, 2.05) is 38.1 Å². The molecule has 0 aromatic heterocycles. The maximum Gasteiger partial charge on any atom is 0.343 e. The molecular weight excluding hydrogens is 560 g/mol. The van der Waals surface area contributed by atoms with Crippen LogP contribution in [0.5, 0.6) is 17.2 Å². The van der Waals surface area contributed by atoms with Gasteiger partial charge in [0.2, 0.25) is 0 Å². The third-order valence-corrected chi connectivity index (χ3v) is 6.08. The van der Waals surface area contributed by atoms with E-state index in [0.717, 1.165) is 10.0 Å². The van der Waals surface area contributed by atoms with E-state index >= 15 is 0 Å². The number of esters is 1. The van der Waals surface area contributed by atoms with Crippen molar-refractivity contribution >= 4 is 34.0 Å². The minimum absolute atomic E-state index is 0.296. The van der Waals surface area contributed by atoms with Crippen LogP contribution >= 0.6 is 15.9 Å². The molecule has 4 aromatic carbocycles. The summed E-state index contributed by atoms with van der Waals surface area (Å²) in [4.78, 5) is 25.2. The Balaban J connectivity index is 1.35. The lowest BCUT2D eigenvalue weighted by Crippen LogP contribution is -2.17. The van der Waals surface area contributed by atoms with E-state index in [2.05, 4.69) is 26.5 Å². The van der Waals surface area contributed by atoms with Gasteiger partial charge in [0.25, 0.3) is 5.91 Å². The summed E-state index contributed by atoms with van der Waals surface area (Å²) in [5, 5.41) is 4.05. The third-order valence-electron chi connectivity index (χ3n) is 5.59. The number of carbonyl (C=O) groups is 2. The zero-order valence-corrected chi connectivity index (χ0v) is 23.1. The van der Waals surface area contributed by atoms with Gasteiger partial charge in [-0.1, -0.05) is 45.8 Å². The van der Waals surface area contributed by atoms with Crippen LogP contribution < -0.4 is 19.6 Å². The molecule has 0 aliphatic carbocycles. The minimum atomic E-state index is -0.524. The van der Waals surface area contributed by atoms with Crippen molar-refractivity contribution < 1.29 is 23.8 Å². The van der Waals surface area contributed by atoms with E-state index in [4.69, 9.17) is 14.2 Å². The molecule has 0 heterocycles. The van der Waals surface area contributed by atoms with Gasteiger partial charge in [-0.2, -0.15) is 5.10 Å². The van der Waals surface area contributed by atoms with Crippen molar-refractivity contribution in [2.75, 3.05) is 6.61 Å². The lowest BCUT2D eigenvalue weighted by Gasteiger charge is -2.09. The highest BCUT2D eigenvalue weighted by Crippen LogP contribution is 2.23. The summed E-state index contributed by atoms with van der Waals surface area (Å²) in [6, 6.07) is 26.7. The zero-order valence-electron chi connectivity index (χ0n) is 21.5. The summed E-state index contributed by atoms with van der Waals surface area (Å²) >= 11 is 3.41. The fourth-order valence-corrected chi connectivity index (χ4v) is 3.88. The Morgan fingerprint density at radius 1 is 0.846 bits per heavy atom. The van der Waals surface area contributed by atoms with Gasteiger partial charge in [0.15, 0.2) is 0 Å². The molecule has 0 atom stereocenters. The lowest BCUT2D eigenvalue weighted by atomic mass is 10.2. The predicted molar refractivity (Wildman–Crippen MR) is 154 cm³/mol. The molecular formula is C31H27BrN2O5. The van der Waals surface area contributed by atoms with Crippen molar-refractivity contribution in [1.82, 2.24) is 5.43 Å². The van der Waals surface area contributed by atoms with Crippen molar-refractivity contribution in [3.8, 4) is 17.2 Å². The number of ether oxygens (including phenoxy) is 3.